The number of hydrogen-bond donors (Lipinski definition) is 0. The van der Waals surface area contributed by atoms with Crippen LogP contribution in [-0.2, 0) is 9.59 Å². The molecule has 0 aliphatic heterocycles. The Labute approximate surface area is 120 Å². The van der Waals surface area contributed by atoms with Crippen LogP contribution in [0.3, 0.4) is 0 Å². The number of esters is 2. The number of carbonyl (C=O) groups is 2. The van der Waals surface area contributed by atoms with Gasteiger partial charge in [-0.15, -0.1) is 0 Å². The molecule has 0 amide bonds. The number of carbonyl (C=O) groups excluding carboxylic acids is 2. The highest BCUT2D eigenvalue weighted by Gasteiger charge is 2.08. The first-order chi connectivity index (χ1) is 9.65. The van der Waals surface area contributed by atoms with E-state index in [4.69, 9.17) is 9.47 Å². The molecule has 0 bridgehead atoms. The second-order valence-electron chi connectivity index (χ2n) is 4.63. The van der Waals surface area contributed by atoms with E-state index in [9.17, 15) is 9.59 Å². The van der Waals surface area contributed by atoms with Crippen LogP contribution in [0.15, 0.2) is 24.3 Å². The molecule has 0 atom stereocenters. The van der Waals surface area contributed by atoms with Crippen LogP contribution in [0.2, 0.25) is 0 Å². The SMILES string of the molecule is CCCCC(=O)Oc1cccc(OC(=O)CCCC)c1. The fourth-order valence-electron chi connectivity index (χ4n) is 1.61. The Hall–Kier alpha value is -1.84. The maximum atomic E-state index is 11.5. The van der Waals surface area contributed by atoms with Gasteiger partial charge in [-0.05, 0) is 25.0 Å². The lowest BCUT2D eigenvalue weighted by Crippen LogP contribution is -2.09. The van der Waals surface area contributed by atoms with Crippen molar-refractivity contribution < 1.29 is 19.1 Å². The highest BCUT2D eigenvalue weighted by Crippen LogP contribution is 2.20. The van der Waals surface area contributed by atoms with Crippen molar-refractivity contribution in [3.05, 3.63) is 24.3 Å². The molecule has 4 nitrogen and oxygen atoms in total. The smallest absolute Gasteiger partial charge is 0.311 e. The number of benzene rings is 1. The minimum Gasteiger partial charge on any atom is -0.426 e. The quantitative estimate of drug-likeness (QED) is 0.535. The zero-order chi connectivity index (χ0) is 14.8. The molecule has 0 saturated carbocycles. The Morgan fingerprint density at radius 1 is 0.900 bits per heavy atom. The lowest BCUT2D eigenvalue weighted by molar-refractivity contribution is -0.134. The second kappa shape index (κ2) is 9.13. The van der Waals surface area contributed by atoms with Gasteiger partial charge in [-0.3, -0.25) is 9.59 Å². The van der Waals surface area contributed by atoms with Crippen LogP contribution in [0.25, 0.3) is 0 Å². The van der Waals surface area contributed by atoms with Gasteiger partial charge in [0.15, 0.2) is 0 Å². The fraction of sp³-hybridized carbons (Fsp3) is 0.500. The third kappa shape index (κ3) is 6.36. The Bertz CT molecular complexity index is 403. The van der Waals surface area contributed by atoms with Crippen molar-refractivity contribution in [3.63, 3.8) is 0 Å². The summed E-state index contributed by atoms with van der Waals surface area (Å²) in [7, 11) is 0. The number of unbranched alkanes of at least 4 members (excludes halogenated alkanes) is 2. The van der Waals surface area contributed by atoms with Crippen LogP contribution in [0, 0.1) is 0 Å². The molecule has 0 saturated heterocycles. The van der Waals surface area contributed by atoms with E-state index >= 15 is 0 Å². The summed E-state index contributed by atoms with van der Waals surface area (Å²) in [4.78, 5) is 23.0. The van der Waals surface area contributed by atoms with Crippen molar-refractivity contribution in [1.82, 2.24) is 0 Å². The molecule has 0 radical (unpaired) electrons. The normalized spacial score (nSPS) is 10.1. The lowest BCUT2D eigenvalue weighted by atomic mass is 10.2. The van der Waals surface area contributed by atoms with Crippen molar-refractivity contribution in [1.29, 1.82) is 0 Å². The Kier molecular flexibility index (Phi) is 7.40. The summed E-state index contributed by atoms with van der Waals surface area (Å²) in [5.41, 5.74) is 0. The largest absolute Gasteiger partial charge is 0.426 e. The van der Waals surface area contributed by atoms with Crippen LogP contribution in [0.4, 0.5) is 0 Å². The highest BCUT2D eigenvalue weighted by molar-refractivity contribution is 5.74. The van der Waals surface area contributed by atoms with Crippen molar-refractivity contribution in [2.75, 3.05) is 0 Å². The fourth-order valence-corrected chi connectivity index (χ4v) is 1.61. The third-order valence-electron chi connectivity index (χ3n) is 2.74. The van der Waals surface area contributed by atoms with E-state index in [2.05, 4.69) is 0 Å². The van der Waals surface area contributed by atoms with Gasteiger partial charge < -0.3 is 9.47 Å². The number of rotatable bonds is 8. The zero-order valence-corrected chi connectivity index (χ0v) is 12.2. The molecule has 0 spiro atoms. The van der Waals surface area contributed by atoms with E-state index in [1.165, 1.54) is 0 Å². The molecular formula is C16H22O4. The van der Waals surface area contributed by atoms with Crippen molar-refractivity contribution in [3.8, 4) is 11.5 Å². The van der Waals surface area contributed by atoms with E-state index in [1.807, 2.05) is 13.8 Å². The first-order valence-corrected chi connectivity index (χ1v) is 7.17. The maximum Gasteiger partial charge on any atom is 0.311 e. The maximum absolute atomic E-state index is 11.5. The van der Waals surface area contributed by atoms with Crippen LogP contribution in [-0.4, -0.2) is 11.9 Å². The highest BCUT2D eigenvalue weighted by atomic mass is 16.5. The van der Waals surface area contributed by atoms with E-state index < -0.39 is 0 Å². The summed E-state index contributed by atoms with van der Waals surface area (Å²) in [5, 5.41) is 0. The van der Waals surface area contributed by atoms with Crippen LogP contribution < -0.4 is 9.47 Å². The number of hydrogen-bond acceptors (Lipinski definition) is 4. The molecule has 0 N–H and O–H groups in total. The van der Waals surface area contributed by atoms with Gasteiger partial charge >= 0.3 is 11.9 Å². The van der Waals surface area contributed by atoms with Gasteiger partial charge in [-0.2, -0.15) is 0 Å². The predicted molar refractivity (Wildman–Crippen MR) is 76.8 cm³/mol. The van der Waals surface area contributed by atoms with Gasteiger partial charge in [0.25, 0.3) is 0 Å². The summed E-state index contributed by atoms with van der Waals surface area (Å²) < 4.78 is 10.4. The van der Waals surface area contributed by atoms with Crippen molar-refractivity contribution >= 4 is 11.9 Å². The molecular weight excluding hydrogens is 256 g/mol. The first-order valence-electron chi connectivity index (χ1n) is 7.17. The summed E-state index contributed by atoms with van der Waals surface area (Å²) in [5.74, 6) is 0.293. The first kappa shape index (κ1) is 16.2. The topological polar surface area (TPSA) is 52.6 Å². The molecule has 0 aliphatic carbocycles. The monoisotopic (exact) mass is 278 g/mol. The molecule has 0 aromatic heterocycles. The van der Waals surface area contributed by atoms with Crippen molar-refractivity contribution in [2.24, 2.45) is 0 Å². The standard InChI is InChI=1S/C16H22O4/c1-3-5-10-15(17)19-13-8-7-9-14(12-13)20-16(18)11-6-4-2/h7-9,12H,3-6,10-11H2,1-2H3. The van der Waals surface area contributed by atoms with E-state index in [-0.39, 0.29) is 11.9 Å². The van der Waals surface area contributed by atoms with Gasteiger partial charge in [0.2, 0.25) is 0 Å². The Balaban J connectivity index is 2.52. The molecule has 1 aromatic rings. The Morgan fingerprint density at radius 3 is 1.75 bits per heavy atom. The molecule has 1 rings (SSSR count). The van der Waals surface area contributed by atoms with Crippen LogP contribution >= 0.6 is 0 Å². The van der Waals surface area contributed by atoms with Gasteiger partial charge in [0.1, 0.15) is 11.5 Å². The Morgan fingerprint density at radius 2 is 1.35 bits per heavy atom. The molecule has 20 heavy (non-hydrogen) atoms. The summed E-state index contributed by atoms with van der Waals surface area (Å²) in [6.45, 7) is 4.04. The van der Waals surface area contributed by atoms with E-state index in [0.29, 0.717) is 24.3 Å². The molecule has 4 heteroatoms. The van der Waals surface area contributed by atoms with Gasteiger partial charge in [0.05, 0.1) is 0 Å². The molecule has 110 valence electrons. The summed E-state index contributed by atoms with van der Waals surface area (Å²) >= 11 is 0. The lowest BCUT2D eigenvalue weighted by Gasteiger charge is -2.07. The third-order valence-corrected chi connectivity index (χ3v) is 2.74. The minimum atomic E-state index is -0.263. The van der Waals surface area contributed by atoms with Gasteiger partial charge in [0, 0.05) is 18.9 Å². The van der Waals surface area contributed by atoms with E-state index in [1.54, 1.807) is 24.3 Å². The molecule has 1 aromatic carbocycles. The molecule has 0 unspecified atom stereocenters. The molecule has 0 fully saturated rings. The van der Waals surface area contributed by atoms with Crippen LogP contribution in [0.1, 0.15) is 52.4 Å². The average Bonchev–Trinajstić information content (AvgIpc) is 2.43. The summed E-state index contributed by atoms with van der Waals surface area (Å²) in [6.07, 6.45) is 4.32. The molecule has 0 aliphatic rings. The second-order valence-corrected chi connectivity index (χ2v) is 4.63. The van der Waals surface area contributed by atoms with Gasteiger partial charge in [-0.1, -0.05) is 32.8 Å². The number of ether oxygens (including phenoxy) is 2. The summed E-state index contributed by atoms with van der Waals surface area (Å²) in [6, 6.07) is 6.61. The average molecular weight is 278 g/mol. The van der Waals surface area contributed by atoms with Gasteiger partial charge in [-0.25, -0.2) is 0 Å². The zero-order valence-electron chi connectivity index (χ0n) is 12.2. The van der Waals surface area contributed by atoms with Crippen LogP contribution in [0.5, 0.6) is 11.5 Å². The minimum absolute atomic E-state index is 0.263. The van der Waals surface area contributed by atoms with E-state index in [0.717, 1.165) is 25.7 Å². The molecule has 0 heterocycles. The van der Waals surface area contributed by atoms with Crippen molar-refractivity contribution in [2.45, 2.75) is 52.4 Å². The predicted octanol–water partition coefficient (Wildman–Crippen LogP) is 3.88.